The highest BCUT2D eigenvalue weighted by atomic mass is 28.4. The van der Waals surface area contributed by atoms with Crippen LogP contribution in [0.15, 0.2) is 18.2 Å². The zero-order chi connectivity index (χ0) is 14.3. The molecule has 1 atom stereocenters. The maximum absolute atomic E-state index is 9.98. The van der Waals surface area contributed by atoms with Gasteiger partial charge in [-0.3, -0.25) is 0 Å². The number of aryl methyl sites for hydroxylation is 1. The van der Waals surface area contributed by atoms with Crippen molar-refractivity contribution in [3.8, 4) is 5.75 Å². The lowest BCUT2D eigenvalue weighted by atomic mass is 9.89. The van der Waals surface area contributed by atoms with E-state index in [9.17, 15) is 5.11 Å². The fourth-order valence-electron chi connectivity index (χ4n) is 2.28. The Morgan fingerprint density at radius 2 is 1.95 bits per heavy atom. The van der Waals surface area contributed by atoms with Crippen molar-refractivity contribution in [1.29, 1.82) is 0 Å². The van der Waals surface area contributed by atoms with Crippen molar-refractivity contribution in [2.75, 3.05) is 0 Å². The molecule has 0 spiro atoms. The van der Waals surface area contributed by atoms with Crippen LogP contribution in [-0.2, 0) is 6.42 Å². The van der Waals surface area contributed by atoms with Crippen LogP contribution in [0.3, 0.4) is 0 Å². The lowest BCUT2D eigenvalue weighted by Crippen LogP contribution is -2.43. The number of aliphatic hydroxyl groups excluding tert-OH is 1. The summed E-state index contributed by atoms with van der Waals surface area (Å²) in [4.78, 5) is 0. The minimum Gasteiger partial charge on any atom is -0.543 e. The topological polar surface area (TPSA) is 29.5 Å². The lowest BCUT2D eigenvalue weighted by molar-refractivity contribution is 0.156. The SMILES string of the molecule is CC(C)(C)[Si](C)(C)Oc1ccc2c(c1)CCC[C@H]2O. The molecule has 1 aliphatic rings. The van der Waals surface area contributed by atoms with Crippen molar-refractivity contribution in [2.45, 2.75) is 64.3 Å². The molecule has 0 aliphatic heterocycles. The van der Waals surface area contributed by atoms with Crippen molar-refractivity contribution in [1.82, 2.24) is 0 Å². The molecule has 0 fully saturated rings. The summed E-state index contributed by atoms with van der Waals surface area (Å²) in [5.74, 6) is 0.972. The van der Waals surface area contributed by atoms with Crippen molar-refractivity contribution >= 4 is 8.32 Å². The molecular weight excluding hydrogens is 252 g/mol. The zero-order valence-electron chi connectivity index (χ0n) is 12.8. The zero-order valence-corrected chi connectivity index (χ0v) is 13.8. The van der Waals surface area contributed by atoms with Crippen LogP contribution in [0.4, 0.5) is 0 Å². The normalized spacial score (nSPS) is 20.0. The predicted molar refractivity (Wildman–Crippen MR) is 82.2 cm³/mol. The number of rotatable bonds is 2. The number of aliphatic hydroxyl groups is 1. The Kier molecular flexibility index (Phi) is 3.80. The molecule has 3 heteroatoms. The second kappa shape index (κ2) is 4.95. The molecule has 0 bridgehead atoms. The van der Waals surface area contributed by atoms with E-state index in [1.807, 2.05) is 12.1 Å². The van der Waals surface area contributed by atoms with E-state index < -0.39 is 8.32 Å². The number of hydrogen-bond acceptors (Lipinski definition) is 2. The van der Waals surface area contributed by atoms with Crippen LogP contribution >= 0.6 is 0 Å². The van der Waals surface area contributed by atoms with Crippen LogP contribution < -0.4 is 4.43 Å². The highest BCUT2D eigenvalue weighted by Gasteiger charge is 2.39. The summed E-state index contributed by atoms with van der Waals surface area (Å²) in [7, 11) is -1.77. The van der Waals surface area contributed by atoms with Gasteiger partial charge in [0.25, 0.3) is 0 Å². The van der Waals surface area contributed by atoms with Crippen LogP contribution in [0.1, 0.15) is 50.8 Å². The first-order valence-electron chi connectivity index (χ1n) is 7.20. The largest absolute Gasteiger partial charge is 0.543 e. The summed E-state index contributed by atoms with van der Waals surface area (Å²) in [6.07, 6.45) is 2.72. The Balaban J connectivity index is 2.24. The Labute approximate surface area is 117 Å². The summed E-state index contributed by atoms with van der Waals surface area (Å²) in [5, 5.41) is 10.2. The van der Waals surface area contributed by atoms with E-state index in [0.717, 1.165) is 30.6 Å². The highest BCUT2D eigenvalue weighted by molar-refractivity contribution is 6.74. The van der Waals surface area contributed by atoms with E-state index in [2.05, 4.69) is 39.9 Å². The Morgan fingerprint density at radius 1 is 1.26 bits per heavy atom. The Morgan fingerprint density at radius 3 is 2.58 bits per heavy atom. The second-order valence-corrected chi connectivity index (χ2v) is 11.9. The van der Waals surface area contributed by atoms with Gasteiger partial charge in [0.1, 0.15) is 5.75 Å². The quantitative estimate of drug-likeness (QED) is 0.810. The van der Waals surface area contributed by atoms with Gasteiger partial charge in [0.15, 0.2) is 0 Å². The van der Waals surface area contributed by atoms with Gasteiger partial charge in [-0.25, -0.2) is 0 Å². The van der Waals surface area contributed by atoms with Crippen molar-refractivity contribution in [2.24, 2.45) is 0 Å². The fraction of sp³-hybridized carbons (Fsp3) is 0.625. The molecule has 1 aliphatic carbocycles. The van der Waals surface area contributed by atoms with E-state index in [1.165, 1.54) is 5.56 Å². The van der Waals surface area contributed by atoms with Crippen LogP contribution in [0.2, 0.25) is 18.1 Å². The van der Waals surface area contributed by atoms with E-state index in [0.29, 0.717) is 0 Å². The summed E-state index contributed by atoms with van der Waals surface area (Å²) in [5.41, 5.74) is 2.35. The summed E-state index contributed by atoms with van der Waals surface area (Å²) < 4.78 is 6.32. The standard InChI is InChI=1S/C16H26O2Si/c1-16(2,3)19(4,5)18-13-9-10-14-12(11-13)7-6-8-15(14)17/h9-11,15,17H,6-8H2,1-5H3/t15-/m1/s1. The summed E-state index contributed by atoms with van der Waals surface area (Å²) in [6.45, 7) is 11.3. The molecule has 0 aromatic heterocycles. The molecule has 1 aromatic carbocycles. The summed E-state index contributed by atoms with van der Waals surface area (Å²) in [6, 6.07) is 6.20. The van der Waals surface area contributed by atoms with Crippen molar-refractivity contribution < 1.29 is 9.53 Å². The maximum Gasteiger partial charge on any atom is 0.250 e. The van der Waals surface area contributed by atoms with E-state index in [-0.39, 0.29) is 11.1 Å². The third kappa shape index (κ3) is 3.03. The summed E-state index contributed by atoms with van der Waals surface area (Å²) >= 11 is 0. The van der Waals surface area contributed by atoms with Crippen LogP contribution in [-0.4, -0.2) is 13.4 Å². The Hall–Kier alpha value is -0.803. The van der Waals surface area contributed by atoms with Gasteiger partial charge in [0, 0.05) is 0 Å². The molecule has 2 rings (SSSR count). The monoisotopic (exact) mass is 278 g/mol. The van der Waals surface area contributed by atoms with Crippen molar-refractivity contribution in [3.63, 3.8) is 0 Å². The van der Waals surface area contributed by atoms with E-state index >= 15 is 0 Å². The van der Waals surface area contributed by atoms with Gasteiger partial charge in [-0.1, -0.05) is 26.8 Å². The first-order valence-corrected chi connectivity index (χ1v) is 10.1. The first kappa shape index (κ1) is 14.6. The van der Waals surface area contributed by atoms with Gasteiger partial charge in [-0.2, -0.15) is 0 Å². The van der Waals surface area contributed by atoms with Gasteiger partial charge in [-0.05, 0) is 60.7 Å². The molecule has 2 nitrogen and oxygen atoms in total. The second-order valence-electron chi connectivity index (χ2n) is 7.13. The molecular formula is C16H26O2Si. The van der Waals surface area contributed by atoms with Crippen LogP contribution in [0.5, 0.6) is 5.75 Å². The molecule has 0 amide bonds. The average molecular weight is 278 g/mol. The lowest BCUT2D eigenvalue weighted by Gasteiger charge is -2.36. The van der Waals surface area contributed by atoms with Crippen LogP contribution in [0.25, 0.3) is 0 Å². The first-order chi connectivity index (χ1) is 8.71. The molecule has 1 N–H and O–H groups in total. The minimum atomic E-state index is -1.77. The van der Waals surface area contributed by atoms with E-state index in [1.54, 1.807) is 0 Å². The fourth-order valence-corrected chi connectivity index (χ4v) is 3.30. The molecule has 1 aromatic rings. The molecule has 106 valence electrons. The smallest absolute Gasteiger partial charge is 0.250 e. The van der Waals surface area contributed by atoms with Gasteiger partial charge >= 0.3 is 0 Å². The molecule has 0 unspecified atom stereocenters. The number of fused-ring (bicyclic) bond motifs is 1. The Bertz CT molecular complexity index is 460. The third-order valence-electron chi connectivity index (χ3n) is 4.58. The third-order valence-corrected chi connectivity index (χ3v) is 8.93. The molecule has 0 saturated heterocycles. The van der Waals surface area contributed by atoms with Crippen molar-refractivity contribution in [3.05, 3.63) is 29.3 Å². The molecule has 19 heavy (non-hydrogen) atoms. The predicted octanol–water partition coefficient (Wildman–Crippen LogP) is 4.44. The minimum absolute atomic E-state index is 0.211. The molecule has 0 heterocycles. The average Bonchev–Trinajstić information content (AvgIpc) is 2.27. The highest BCUT2D eigenvalue weighted by Crippen LogP contribution is 2.39. The van der Waals surface area contributed by atoms with Gasteiger partial charge < -0.3 is 9.53 Å². The van der Waals surface area contributed by atoms with Crippen LogP contribution in [0, 0.1) is 0 Å². The van der Waals surface area contributed by atoms with Gasteiger partial charge in [0.2, 0.25) is 8.32 Å². The molecule has 0 saturated carbocycles. The number of hydrogen-bond donors (Lipinski definition) is 1. The molecule has 0 radical (unpaired) electrons. The van der Waals surface area contributed by atoms with E-state index in [4.69, 9.17) is 4.43 Å². The maximum atomic E-state index is 9.98. The number of benzene rings is 1. The van der Waals surface area contributed by atoms with Gasteiger partial charge in [0.05, 0.1) is 6.10 Å². The van der Waals surface area contributed by atoms with Gasteiger partial charge in [-0.15, -0.1) is 0 Å².